The standard InChI is InChI=1S/C26H31NO3/c1-29-22-9-5-8-21-23(22)30-24-19-10-11-25(20(14-19)16-28)17-27(13-12-26(21,24)25)15-18-6-3-2-4-7-18/h2-9,19-20,24,28H,10-17H2,1H3. The third kappa shape index (κ3) is 2.29. The van der Waals surface area contributed by atoms with Crippen LogP contribution in [0.25, 0.3) is 0 Å². The van der Waals surface area contributed by atoms with Gasteiger partial charge in [0.1, 0.15) is 6.10 Å². The molecule has 158 valence electrons. The van der Waals surface area contributed by atoms with Crippen molar-refractivity contribution in [2.75, 3.05) is 26.8 Å². The van der Waals surface area contributed by atoms with E-state index < -0.39 is 0 Å². The molecule has 7 rings (SSSR count). The predicted molar refractivity (Wildman–Crippen MR) is 116 cm³/mol. The Morgan fingerprint density at radius 2 is 2.00 bits per heavy atom. The van der Waals surface area contributed by atoms with Gasteiger partial charge in [0.25, 0.3) is 0 Å². The van der Waals surface area contributed by atoms with Gasteiger partial charge in [-0.3, -0.25) is 4.90 Å². The molecular weight excluding hydrogens is 374 g/mol. The van der Waals surface area contributed by atoms with Gasteiger partial charge in [-0.25, -0.2) is 0 Å². The number of nitrogens with zero attached hydrogens (tertiary/aromatic N) is 1. The van der Waals surface area contributed by atoms with Crippen molar-refractivity contribution in [3.63, 3.8) is 0 Å². The highest BCUT2D eigenvalue weighted by Gasteiger charge is 2.72. The van der Waals surface area contributed by atoms with Crippen molar-refractivity contribution in [1.82, 2.24) is 4.90 Å². The van der Waals surface area contributed by atoms with Gasteiger partial charge in [-0.2, -0.15) is 0 Å². The first kappa shape index (κ1) is 18.7. The van der Waals surface area contributed by atoms with Crippen molar-refractivity contribution in [2.45, 2.75) is 43.7 Å². The van der Waals surface area contributed by atoms with Crippen LogP contribution in [0.5, 0.6) is 11.5 Å². The summed E-state index contributed by atoms with van der Waals surface area (Å²) in [6, 6.07) is 17.2. The Bertz CT molecular complexity index is 947. The predicted octanol–water partition coefficient (Wildman–Crippen LogP) is 4.01. The van der Waals surface area contributed by atoms with Crippen LogP contribution in [-0.2, 0) is 12.0 Å². The highest BCUT2D eigenvalue weighted by atomic mass is 16.5. The minimum Gasteiger partial charge on any atom is -0.493 e. The molecule has 5 atom stereocenters. The molecule has 2 aromatic carbocycles. The Morgan fingerprint density at radius 1 is 1.13 bits per heavy atom. The number of aliphatic hydroxyl groups is 1. The van der Waals surface area contributed by atoms with Crippen LogP contribution in [0.2, 0.25) is 0 Å². The maximum atomic E-state index is 10.5. The number of rotatable bonds is 4. The molecule has 2 spiro atoms. The molecule has 1 N–H and O–H groups in total. The first-order chi connectivity index (χ1) is 14.7. The lowest BCUT2D eigenvalue weighted by Crippen LogP contribution is -2.72. The molecule has 2 bridgehead atoms. The van der Waals surface area contributed by atoms with E-state index in [1.54, 1.807) is 7.11 Å². The van der Waals surface area contributed by atoms with E-state index in [2.05, 4.69) is 47.4 Å². The molecule has 0 aromatic heterocycles. The van der Waals surface area contributed by atoms with Crippen LogP contribution >= 0.6 is 0 Å². The number of aliphatic hydroxyl groups excluding tert-OH is 1. The molecule has 4 heteroatoms. The van der Waals surface area contributed by atoms with E-state index in [-0.39, 0.29) is 23.5 Å². The van der Waals surface area contributed by atoms with E-state index in [4.69, 9.17) is 9.47 Å². The number of hydrogen-bond acceptors (Lipinski definition) is 4. The fourth-order valence-corrected chi connectivity index (χ4v) is 7.71. The van der Waals surface area contributed by atoms with E-state index in [1.165, 1.54) is 24.0 Å². The van der Waals surface area contributed by atoms with E-state index in [0.717, 1.165) is 44.0 Å². The molecule has 4 fully saturated rings. The van der Waals surface area contributed by atoms with Gasteiger partial charge >= 0.3 is 0 Å². The van der Waals surface area contributed by atoms with Gasteiger partial charge in [-0.1, -0.05) is 42.5 Å². The molecule has 3 saturated carbocycles. The Balaban J connectivity index is 1.45. The molecule has 1 saturated heterocycles. The molecule has 30 heavy (non-hydrogen) atoms. The number of hydrogen-bond donors (Lipinski definition) is 1. The Kier molecular flexibility index (Phi) is 4.20. The lowest BCUT2D eigenvalue weighted by atomic mass is 9.39. The quantitative estimate of drug-likeness (QED) is 0.835. The van der Waals surface area contributed by atoms with Crippen LogP contribution in [-0.4, -0.2) is 42.9 Å². The average molecular weight is 406 g/mol. The van der Waals surface area contributed by atoms with Crippen LogP contribution < -0.4 is 9.47 Å². The van der Waals surface area contributed by atoms with Gasteiger partial charge in [0, 0.05) is 36.1 Å². The lowest BCUT2D eigenvalue weighted by Gasteiger charge is -2.67. The van der Waals surface area contributed by atoms with Gasteiger partial charge in [0.2, 0.25) is 0 Å². The minimum absolute atomic E-state index is 0.00136. The fraction of sp³-hybridized carbons (Fsp3) is 0.538. The minimum atomic E-state index is -0.00136. The first-order valence-electron chi connectivity index (χ1n) is 11.4. The van der Waals surface area contributed by atoms with Crippen LogP contribution in [0, 0.1) is 17.3 Å². The Labute approximate surface area is 178 Å². The second-order valence-electron chi connectivity index (χ2n) is 9.86. The molecular formula is C26H31NO3. The summed E-state index contributed by atoms with van der Waals surface area (Å²) >= 11 is 0. The second-order valence-corrected chi connectivity index (χ2v) is 9.86. The topological polar surface area (TPSA) is 41.9 Å². The SMILES string of the molecule is COc1cccc2c1OC1C3CCC4(CN(Cc5ccccc5)CCC214)C(CO)C3. The Hall–Kier alpha value is -2.04. The number of likely N-dealkylation sites (tertiary alicyclic amines) is 1. The molecule has 2 aromatic rings. The monoisotopic (exact) mass is 405 g/mol. The average Bonchev–Trinajstić information content (AvgIpc) is 3.15. The van der Waals surface area contributed by atoms with Crippen LogP contribution in [0.4, 0.5) is 0 Å². The lowest BCUT2D eigenvalue weighted by molar-refractivity contribution is -0.187. The molecule has 0 amide bonds. The molecule has 4 nitrogen and oxygen atoms in total. The zero-order chi connectivity index (χ0) is 20.3. The van der Waals surface area contributed by atoms with Gasteiger partial charge in [0.05, 0.1) is 7.11 Å². The van der Waals surface area contributed by atoms with Crippen molar-refractivity contribution in [2.24, 2.45) is 17.3 Å². The molecule has 5 aliphatic rings. The third-order valence-electron chi connectivity index (χ3n) is 8.85. The van der Waals surface area contributed by atoms with Crippen LogP contribution in [0.3, 0.4) is 0 Å². The molecule has 3 aliphatic carbocycles. The maximum absolute atomic E-state index is 10.5. The highest BCUT2D eigenvalue weighted by Crippen LogP contribution is 2.71. The van der Waals surface area contributed by atoms with Gasteiger partial charge in [-0.05, 0) is 55.7 Å². The number of benzene rings is 2. The first-order valence-corrected chi connectivity index (χ1v) is 11.4. The maximum Gasteiger partial charge on any atom is 0.165 e. The zero-order valence-electron chi connectivity index (χ0n) is 17.7. The Morgan fingerprint density at radius 3 is 2.80 bits per heavy atom. The van der Waals surface area contributed by atoms with E-state index >= 15 is 0 Å². The molecule has 0 radical (unpaired) electrons. The van der Waals surface area contributed by atoms with Gasteiger partial charge < -0.3 is 14.6 Å². The summed E-state index contributed by atoms with van der Waals surface area (Å²) in [6.07, 6.45) is 4.79. The number of piperidine rings is 1. The number of fused-ring (bicyclic) bond motifs is 3. The normalized spacial score (nSPS) is 36.5. The van der Waals surface area contributed by atoms with E-state index in [9.17, 15) is 5.11 Å². The smallest absolute Gasteiger partial charge is 0.165 e. The van der Waals surface area contributed by atoms with Crippen molar-refractivity contribution >= 4 is 0 Å². The number of ether oxygens (including phenoxy) is 2. The zero-order valence-corrected chi connectivity index (χ0v) is 17.7. The third-order valence-corrected chi connectivity index (χ3v) is 8.85. The second kappa shape index (κ2) is 6.73. The molecule has 2 aliphatic heterocycles. The van der Waals surface area contributed by atoms with Crippen LogP contribution in [0.15, 0.2) is 48.5 Å². The molecule has 2 heterocycles. The summed E-state index contributed by atoms with van der Waals surface area (Å²) in [5.41, 5.74) is 2.77. The van der Waals surface area contributed by atoms with E-state index in [1.807, 2.05) is 6.07 Å². The highest BCUT2D eigenvalue weighted by molar-refractivity contribution is 5.57. The summed E-state index contributed by atoms with van der Waals surface area (Å²) in [7, 11) is 1.74. The number of methoxy groups -OCH3 is 1. The summed E-state index contributed by atoms with van der Waals surface area (Å²) in [5, 5.41) is 10.5. The largest absolute Gasteiger partial charge is 0.493 e. The fourth-order valence-electron chi connectivity index (χ4n) is 7.71. The molecule has 5 unspecified atom stereocenters. The van der Waals surface area contributed by atoms with Crippen LogP contribution in [0.1, 0.15) is 36.8 Å². The summed E-state index contributed by atoms with van der Waals surface area (Å²) in [6.45, 7) is 3.37. The van der Waals surface area contributed by atoms with Crippen molar-refractivity contribution in [3.8, 4) is 11.5 Å². The number of para-hydroxylation sites is 1. The summed E-state index contributed by atoms with van der Waals surface area (Å²) < 4.78 is 12.4. The van der Waals surface area contributed by atoms with E-state index in [0.29, 0.717) is 11.8 Å². The van der Waals surface area contributed by atoms with Gasteiger partial charge in [-0.15, -0.1) is 0 Å². The van der Waals surface area contributed by atoms with Crippen molar-refractivity contribution in [1.29, 1.82) is 0 Å². The summed E-state index contributed by atoms with van der Waals surface area (Å²) in [4.78, 5) is 2.63. The summed E-state index contributed by atoms with van der Waals surface area (Å²) in [5.74, 6) is 2.70. The van der Waals surface area contributed by atoms with Crippen molar-refractivity contribution in [3.05, 3.63) is 59.7 Å². The van der Waals surface area contributed by atoms with Crippen molar-refractivity contribution < 1.29 is 14.6 Å². The van der Waals surface area contributed by atoms with Gasteiger partial charge in [0.15, 0.2) is 11.5 Å².